The minimum atomic E-state index is -0.776. The van der Waals surface area contributed by atoms with E-state index in [9.17, 15) is 8.78 Å². The van der Waals surface area contributed by atoms with Crippen LogP contribution in [-0.4, -0.2) is 6.54 Å². The molecule has 0 fully saturated rings. The van der Waals surface area contributed by atoms with Gasteiger partial charge in [-0.05, 0) is 49.6 Å². The van der Waals surface area contributed by atoms with Gasteiger partial charge in [0.25, 0.3) is 0 Å². The van der Waals surface area contributed by atoms with Crippen molar-refractivity contribution in [1.29, 1.82) is 0 Å². The summed E-state index contributed by atoms with van der Waals surface area (Å²) in [5.74, 6) is -1.50. The summed E-state index contributed by atoms with van der Waals surface area (Å²) in [5, 5.41) is 3.44. The molecule has 4 heteroatoms. The number of benzene rings is 1. The van der Waals surface area contributed by atoms with Crippen LogP contribution in [0, 0.1) is 11.6 Å². The molecule has 2 rings (SSSR count). The van der Waals surface area contributed by atoms with Crippen molar-refractivity contribution in [2.24, 2.45) is 0 Å². The van der Waals surface area contributed by atoms with Crippen LogP contribution in [-0.2, 0) is 12.8 Å². The molecule has 2 aromatic rings. The van der Waals surface area contributed by atoms with E-state index in [0.29, 0.717) is 12.0 Å². The van der Waals surface area contributed by atoms with Crippen LogP contribution in [0.1, 0.15) is 41.6 Å². The lowest BCUT2D eigenvalue weighted by atomic mass is 10.0. The topological polar surface area (TPSA) is 12.0 Å². The number of hydrogen-bond donors (Lipinski definition) is 1. The Balaban J connectivity index is 2.21. The van der Waals surface area contributed by atoms with Gasteiger partial charge in [0.05, 0.1) is 0 Å². The average molecular weight is 309 g/mol. The number of thiophene rings is 1. The van der Waals surface area contributed by atoms with Crippen molar-refractivity contribution >= 4 is 11.3 Å². The Morgan fingerprint density at radius 3 is 2.62 bits per heavy atom. The van der Waals surface area contributed by atoms with E-state index in [-0.39, 0.29) is 6.04 Å². The molecule has 1 N–H and O–H groups in total. The van der Waals surface area contributed by atoms with E-state index in [1.807, 2.05) is 0 Å². The van der Waals surface area contributed by atoms with Crippen LogP contribution in [0.25, 0.3) is 0 Å². The molecule has 1 atom stereocenters. The molecule has 21 heavy (non-hydrogen) atoms. The van der Waals surface area contributed by atoms with Crippen molar-refractivity contribution in [2.75, 3.05) is 6.54 Å². The lowest BCUT2D eigenvalue weighted by molar-refractivity contribution is 0.479. The third-order valence-corrected chi connectivity index (χ3v) is 4.81. The summed E-state index contributed by atoms with van der Waals surface area (Å²) in [6, 6.07) is 8.63. The Labute approximate surface area is 129 Å². The molecule has 0 aliphatic rings. The zero-order chi connectivity index (χ0) is 15.2. The van der Waals surface area contributed by atoms with Crippen LogP contribution in [0.3, 0.4) is 0 Å². The Kier molecular flexibility index (Phi) is 5.88. The molecule has 0 bridgehead atoms. The van der Waals surface area contributed by atoms with E-state index in [0.717, 1.165) is 25.5 Å². The first-order chi connectivity index (χ1) is 10.2. The van der Waals surface area contributed by atoms with E-state index >= 15 is 0 Å². The quantitative estimate of drug-likeness (QED) is 0.769. The third kappa shape index (κ3) is 4.11. The summed E-state index contributed by atoms with van der Waals surface area (Å²) in [6.07, 6.45) is 2.47. The van der Waals surface area contributed by atoms with Crippen LogP contribution in [0.5, 0.6) is 0 Å². The molecular weight excluding hydrogens is 288 g/mol. The monoisotopic (exact) mass is 309 g/mol. The van der Waals surface area contributed by atoms with Crippen LogP contribution < -0.4 is 5.32 Å². The maximum atomic E-state index is 13.9. The number of rotatable bonds is 7. The fourth-order valence-corrected chi connectivity index (χ4v) is 3.32. The van der Waals surface area contributed by atoms with E-state index in [2.05, 4.69) is 31.3 Å². The normalized spacial score (nSPS) is 12.6. The van der Waals surface area contributed by atoms with Gasteiger partial charge in [-0.25, -0.2) is 8.78 Å². The lowest BCUT2D eigenvalue weighted by Crippen LogP contribution is -2.23. The van der Waals surface area contributed by atoms with Crippen molar-refractivity contribution in [3.05, 3.63) is 57.3 Å². The number of halogens is 2. The average Bonchev–Trinajstić information content (AvgIpc) is 2.96. The molecule has 0 saturated carbocycles. The molecule has 1 aromatic heterocycles. The largest absolute Gasteiger partial charge is 0.309 e. The van der Waals surface area contributed by atoms with Crippen molar-refractivity contribution in [3.63, 3.8) is 0 Å². The van der Waals surface area contributed by atoms with Gasteiger partial charge in [0.2, 0.25) is 0 Å². The molecule has 0 spiro atoms. The first-order valence-corrected chi connectivity index (χ1v) is 8.22. The molecule has 1 nitrogen and oxygen atoms in total. The molecule has 0 aliphatic carbocycles. The molecule has 1 unspecified atom stereocenters. The third-order valence-electron chi connectivity index (χ3n) is 3.47. The predicted molar refractivity (Wildman–Crippen MR) is 84.8 cm³/mol. The van der Waals surface area contributed by atoms with Gasteiger partial charge in [0.15, 0.2) is 11.6 Å². The summed E-state index contributed by atoms with van der Waals surface area (Å²) in [4.78, 5) is 2.50. The Hall–Kier alpha value is -1.26. The molecule has 1 aromatic carbocycles. The van der Waals surface area contributed by atoms with Crippen molar-refractivity contribution in [1.82, 2.24) is 5.32 Å². The van der Waals surface area contributed by atoms with Gasteiger partial charge >= 0.3 is 0 Å². The minimum Gasteiger partial charge on any atom is -0.309 e. The van der Waals surface area contributed by atoms with Crippen LogP contribution in [0.15, 0.2) is 30.3 Å². The van der Waals surface area contributed by atoms with E-state index < -0.39 is 11.6 Å². The number of nitrogens with one attached hydrogen (secondary N) is 1. The Bertz CT molecular complexity index is 580. The second-order valence-electron chi connectivity index (χ2n) is 5.08. The van der Waals surface area contributed by atoms with Crippen molar-refractivity contribution in [2.45, 2.75) is 39.2 Å². The second kappa shape index (κ2) is 7.66. The van der Waals surface area contributed by atoms with Crippen molar-refractivity contribution < 1.29 is 8.78 Å². The maximum Gasteiger partial charge on any atom is 0.162 e. The van der Waals surface area contributed by atoms with E-state index in [1.54, 1.807) is 23.5 Å². The van der Waals surface area contributed by atoms with Crippen molar-refractivity contribution in [3.8, 4) is 0 Å². The number of hydrogen-bond acceptors (Lipinski definition) is 2. The van der Waals surface area contributed by atoms with Gasteiger partial charge in [-0.1, -0.05) is 26.0 Å². The summed E-state index contributed by atoms with van der Waals surface area (Å²) in [6.45, 7) is 5.08. The van der Waals surface area contributed by atoms with Gasteiger partial charge < -0.3 is 5.32 Å². The van der Waals surface area contributed by atoms with Crippen LogP contribution in [0.2, 0.25) is 0 Å². The summed E-state index contributed by atoms with van der Waals surface area (Å²) in [5.41, 5.74) is 0.426. The molecule has 0 aliphatic heterocycles. The Morgan fingerprint density at radius 2 is 1.95 bits per heavy atom. The molecule has 0 amide bonds. The molecule has 0 radical (unpaired) electrons. The standard InChI is InChI=1S/C17H21F2NS/c1-3-10-20-15(16-9-8-13(4-2)21-16)11-12-6-5-7-14(18)17(12)19/h5-9,15,20H,3-4,10-11H2,1-2H3. The lowest BCUT2D eigenvalue weighted by Gasteiger charge is -2.18. The highest BCUT2D eigenvalue weighted by Gasteiger charge is 2.17. The van der Waals surface area contributed by atoms with Crippen LogP contribution >= 0.6 is 11.3 Å². The highest BCUT2D eigenvalue weighted by Crippen LogP contribution is 2.27. The van der Waals surface area contributed by atoms with Gasteiger partial charge in [0.1, 0.15) is 0 Å². The maximum absolute atomic E-state index is 13.9. The van der Waals surface area contributed by atoms with Gasteiger partial charge in [-0.15, -0.1) is 11.3 Å². The van der Waals surface area contributed by atoms with E-state index in [1.165, 1.54) is 9.75 Å². The predicted octanol–water partition coefficient (Wildman–Crippen LogP) is 4.87. The Morgan fingerprint density at radius 1 is 1.14 bits per heavy atom. The summed E-state index contributed by atoms with van der Waals surface area (Å²) < 4.78 is 27.2. The van der Waals surface area contributed by atoms with Gasteiger partial charge in [-0.3, -0.25) is 0 Å². The van der Waals surface area contributed by atoms with E-state index in [4.69, 9.17) is 0 Å². The molecular formula is C17H21F2NS. The first-order valence-electron chi connectivity index (χ1n) is 7.40. The SMILES string of the molecule is CCCNC(Cc1cccc(F)c1F)c1ccc(CC)s1. The zero-order valence-corrected chi connectivity index (χ0v) is 13.3. The summed E-state index contributed by atoms with van der Waals surface area (Å²) in [7, 11) is 0. The minimum absolute atomic E-state index is 0.0338. The second-order valence-corrected chi connectivity index (χ2v) is 6.28. The molecule has 1 heterocycles. The highest BCUT2D eigenvalue weighted by atomic mass is 32.1. The molecule has 114 valence electrons. The van der Waals surface area contributed by atoms with Gasteiger partial charge in [0, 0.05) is 15.8 Å². The van der Waals surface area contributed by atoms with Crippen LogP contribution in [0.4, 0.5) is 8.78 Å². The fraction of sp³-hybridized carbons (Fsp3) is 0.412. The first kappa shape index (κ1) is 16.1. The zero-order valence-electron chi connectivity index (χ0n) is 12.5. The highest BCUT2D eigenvalue weighted by molar-refractivity contribution is 7.12. The fourth-order valence-electron chi connectivity index (χ4n) is 2.29. The molecule has 0 saturated heterocycles. The summed E-state index contributed by atoms with van der Waals surface area (Å²) >= 11 is 1.74. The smallest absolute Gasteiger partial charge is 0.162 e. The number of aryl methyl sites for hydroxylation is 1. The van der Waals surface area contributed by atoms with Gasteiger partial charge in [-0.2, -0.15) is 0 Å².